The third-order valence-electron chi connectivity index (χ3n) is 5.99. The van der Waals surface area contributed by atoms with Crippen LogP contribution in [0, 0.1) is 17.8 Å². The van der Waals surface area contributed by atoms with Crippen LogP contribution in [0.25, 0.3) is 0 Å². The molecule has 0 spiro atoms. The highest BCUT2D eigenvalue weighted by Gasteiger charge is 2.43. The first-order valence-electron chi connectivity index (χ1n) is 10.3. The molecule has 156 valence electrons. The fourth-order valence-electron chi connectivity index (χ4n) is 4.44. The molecule has 6 heteroatoms. The zero-order valence-electron chi connectivity index (χ0n) is 16.6. The van der Waals surface area contributed by atoms with Gasteiger partial charge < -0.3 is 14.6 Å². The largest absolute Gasteiger partial charge is 0.489 e. The number of carbonyl (C=O) groups is 3. The Labute approximate surface area is 174 Å². The lowest BCUT2D eigenvalue weighted by Gasteiger charge is -2.33. The number of ketones is 2. The highest BCUT2D eigenvalue weighted by Crippen LogP contribution is 2.42. The Kier molecular flexibility index (Phi) is 5.84. The molecule has 1 saturated carbocycles. The second-order valence-electron chi connectivity index (χ2n) is 7.91. The van der Waals surface area contributed by atoms with Crippen molar-refractivity contribution in [2.75, 3.05) is 13.2 Å². The molecule has 4 rings (SSSR count). The SMILES string of the molecule is O=C(CC[C@H]1CCC(C(=O)O)C(=O)C1C1=CC2=CCOC2=C1)COc1ccccc1. The lowest BCUT2D eigenvalue weighted by molar-refractivity contribution is -0.150. The third-order valence-corrected chi connectivity index (χ3v) is 5.99. The maximum absolute atomic E-state index is 13.0. The first kappa shape index (κ1) is 20.1. The van der Waals surface area contributed by atoms with Gasteiger partial charge in [-0.1, -0.05) is 18.2 Å². The number of para-hydroxylation sites is 1. The van der Waals surface area contributed by atoms with Gasteiger partial charge in [0, 0.05) is 17.9 Å². The Morgan fingerprint density at radius 3 is 2.67 bits per heavy atom. The number of aliphatic carboxylic acids is 1. The molecule has 1 aliphatic heterocycles. The molecule has 0 aromatic heterocycles. The number of Topliss-reactive ketones (excluding diaryl/α,β-unsaturated/α-hetero) is 2. The molecule has 6 nitrogen and oxygen atoms in total. The molecule has 2 unspecified atom stereocenters. The van der Waals surface area contributed by atoms with Gasteiger partial charge in [-0.3, -0.25) is 14.4 Å². The van der Waals surface area contributed by atoms with E-state index in [2.05, 4.69) is 0 Å². The summed E-state index contributed by atoms with van der Waals surface area (Å²) in [6, 6.07) is 9.15. The lowest BCUT2D eigenvalue weighted by Crippen LogP contribution is -2.39. The van der Waals surface area contributed by atoms with Crippen LogP contribution in [0.15, 0.2) is 65.5 Å². The van der Waals surface area contributed by atoms with Gasteiger partial charge in [-0.25, -0.2) is 0 Å². The zero-order valence-corrected chi connectivity index (χ0v) is 16.6. The molecule has 0 radical (unpaired) electrons. The Bertz CT molecular complexity index is 940. The first-order valence-corrected chi connectivity index (χ1v) is 10.3. The molecule has 1 N–H and O–H groups in total. The molecule has 30 heavy (non-hydrogen) atoms. The molecule has 1 aromatic carbocycles. The van der Waals surface area contributed by atoms with Crippen LogP contribution in [-0.4, -0.2) is 35.9 Å². The van der Waals surface area contributed by atoms with Crippen LogP contribution < -0.4 is 4.74 Å². The van der Waals surface area contributed by atoms with E-state index in [4.69, 9.17) is 9.47 Å². The monoisotopic (exact) mass is 408 g/mol. The van der Waals surface area contributed by atoms with Gasteiger partial charge in [0.15, 0.2) is 11.6 Å². The minimum atomic E-state index is -1.07. The third kappa shape index (κ3) is 4.22. The average Bonchev–Trinajstić information content (AvgIpc) is 3.33. The number of carboxylic acid groups (broad SMARTS) is 1. The number of benzene rings is 1. The van der Waals surface area contributed by atoms with Crippen LogP contribution in [0.2, 0.25) is 0 Å². The summed E-state index contributed by atoms with van der Waals surface area (Å²) in [5, 5.41) is 9.45. The summed E-state index contributed by atoms with van der Waals surface area (Å²) in [5.74, 6) is -1.58. The number of hydrogen-bond acceptors (Lipinski definition) is 5. The average molecular weight is 408 g/mol. The van der Waals surface area contributed by atoms with Crippen LogP contribution in [0.4, 0.5) is 0 Å². The van der Waals surface area contributed by atoms with Crippen molar-refractivity contribution in [1.82, 2.24) is 0 Å². The summed E-state index contributed by atoms with van der Waals surface area (Å²) in [6.45, 7) is 0.501. The number of allylic oxidation sites excluding steroid dienone is 3. The molecular formula is C24H24O6. The van der Waals surface area contributed by atoms with Crippen molar-refractivity contribution in [2.45, 2.75) is 25.7 Å². The minimum absolute atomic E-state index is 0.0133. The normalized spacial score (nSPS) is 25.0. The molecule has 3 aliphatic rings. The predicted molar refractivity (Wildman–Crippen MR) is 109 cm³/mol. The number of fused-ring (bicyclic) bond motifs is 1. The van der Waals surface area contributed by atoms with E-state index < -0.39 is 17.8 Å². The van der Waals surface area contributed by atoms with Crippen molar-refractivity contribution in [3.05, 3.63) is 65.5 Å². The quantitative estimate of drug-likeness (QED) is 0.663. The summed E-state index contributed by atoms with van der Waals surface area (Å²) in [5.41, 5.74) is 1.74. The van der Waals surface area contributed by atoms with Crippen molar-refractivity contribution in [3.8, 4) is 5.75 Å². The summed E-state index contributed by atoms with van der Waals surface area (Å²) >= 11 is 0. The van der Waals surface area contributed by atoms with Crippen LogP contribution in [0.1, 0.15) is 25.7 Å². The van der Waals surface area contributed by atoms with E-state index in [-0.39, 0.29) is 24.1 Å². The fourth-order valence-corrected chi connectivity index (χ4v) is 4.44. The van der Waals surface area contributed by atoms with E-state index >= 15 is 0 Å². The molecule has 3 atom stereocenters. The van der Waals surface area contributed by atoms with E-state index in [9.17, 15) is 19.5 Å². The van der Waals surface area contributed by atoms with E-state index in [0.29, 0.717) is 38.0 Å². The lowest BCUT2D eigenvalue weighted by atomic mass is 9.68. The van der Waals surface area contributed by atoms with Gasteiger partial charge in [0.2, 0.25) is 0 Å². The fraction of sp³-hybridized carbons (Fsp3) is 0.375. The van der Waals surface area contributed by atoms with E-state index in [1.807, 2.05) is 36.4 Å². The summed E-state index contributed by atoms with van der Waals surface area (Å²) in [6.07, 6.45) is 7.44. The van der Waals surface area contributed by atoms with E-state index in [1.165, 1.54) is 0 Å². The van der Waals surface area contributed by atoms with Crippen molar-refractivity contribution >= 4 is 17.5 Å². The molecule has 0 saturated heterocycles. The van der Waals surface area contributed by atoms with Gasteiger partial charge in [-0.05, 0) is 61.1 Å². The van der Waals surface area contributed by atoms with Crippen molar-refractivity contribution in [3.63, 3.8) is 0 Å². The van der Waals surface area contributed by atoms with E-state index in [1.54, 1.807) is 12.1 Å². The summed E-state index contributed by atoms with van der Waals surface area (Å²) < 4.78 is 11.0. The van der Waals surface area contributed by atoms with Gasteiger partial charge in [-0.15, -0.1) is 0 Å². The molecule has 2 aliphatic carbocycles. The molecule has 0 amide bonds. The van der Waals surface area contributed by atoms with Crippen molar-refractivity contribution in [2.24, 2.45) is 17.8 Å². The second kappa shape index (κ2) is 8.69. The van der Waals surface area contributed by atoms with Gasteiger partial charge in [0.05, 0.1) is 0 Å². The van der Waals surface area contributed by atoms with Gasteiger partial charge in [0.25, 0.3) is 0 Å². The minimum Gasteiger partial charge on any atom is -0.489 e. The highest BCUT2D eigenvalue weighted by molar-refractivity contribution is 6.01. The predicted octanol–water partition coefficient (Wildman–Crippen LogP) is 3.49. The Balaban J connectivity index is 1.42. The topological polar surface area (TPSA) is 89.9 Å². The standard InChI is InChI=1S/C24H24O6/c25-18(14-30-19-4-2-1-3-5-19)8-6-15-7-9-20(24(27)28)23(26)22(15)17-12-16-10-11-29-21(16)13-17/h1-5,10,12-13,15,20,22H,6-9,11,14H2,(H,27,28)/t15-,20?,22?/m0/s1. The number of carbonyl (C=O) groups excluding carboxylic acids is 2. The maximum Gasteiger partial charge on any atom is 0.314 e. The Morgan fingerprint density at radius 1 is 1.13 bits per heavy atom. The smallest absolute Gasteiger partial charge is 0.314 e. The van der Waals surface area contributed by atoms with Crippen LogP contribution in [0.3, 0.4) is 0 Å². The van der Waals surface area contributed by atoms with Crippen molar-refractivity contribution in [1.29, 1.82) is 0 Å². The first-order chi connectivity index (χ1) is 14.5. The van der Waals surface area contributed by atoms with Crippen LogP contribution >= 0.6 is 0 Å². The van der Waals surface area contributed by atoms with Gasteiger partial charge in [-0.2, -0.15) is 0 Å². The molecule has 1 aromatic rings. The maximum atomic E-state index is 13.0. The number of carboxylic acids is 1. The van der Waals surface area contributed by atoms with Gasteiger partial charge in [0.1, 0.15) is 30.6 Å². The highest BCUT2D eigenvalue weighted by atomic mass is 16.5. The molecule has 1 fully saturated rings. The van der Waals surface area contributed by atoms with Crippen LogP contribution in [-0.2, 0) is 19.1 Å². The number of hydrogen-bond donors (Lipinski definition) is 1. The molecule has 0 bridgehead atoms. The zero-order chi connectivity index (χ0) is 21.1. The van der Waals surface area contributed by atoms with E-state index in [0.717, 1.165) is 16.9 Å². The second-order valence-corrected chi connectivity index (χ2v) is 7.91. The van der Waals surface area contributed by atoms with Crippen LogP contribution in [0.5, 0.6) is 5.75 Å². The van der Waals surface area contributed by atoms with Gasteiger partial charge >= 0.3 is 5.97 Å². The number of rotatable bonds is 8. The van der Waals surface area contributed by atoms with Crippen molar-refractivity contribution < 1.29 is 29.0 Å². The molecule has 1 heterocycles. The Hall–Kier alpha value is -3.15. The molecular weight excluding hydrogens is 384 g/mol. The Morgan fingerprint density at radius 2 is 1.93 bits per heavy atom. The summed E-state index contributed by atoms with van der Waals surface area (Å²) in [4.78, 5) is 36.9. The number of ether oxygens (including phenoxy) is 2. The summed E-state index contributed by atoms with van der Waals surface area (Å²) in [7, 11) is 0.